The molecule has 0 rings (SSSR count). The first kappa shape index (κ1) is 15.7. The third kappa shape index (κ3) is 4.60. The second-order valence-electron chi connectivity index (χ2n) is 4.86. The molecule has 0 spiro atoms. The number of amidine groups is 1. The number of nitrogens with one attached hydrogen (secondary N) is 1. The van der Waals surface area contributed by atoms with Crippen LogP contribution in [-0.2, 0) is 9.53 Å². The van der Waals surface area contributed by atoms with Crippen molar-refractivity contribution in [2.75, 3.05) is 7.11 Å². The number of methoxy groups -OCH3 is 1. The van der Waals surface area contributed by atoms with Crippen molar-refractivity contribution in [3.05, 3.63) is 0 Å². The van der Waals surface area contributed by atoms with Gasteiger partial charge in [0.1, 0.15) is 0 Å². The summed E-state index contributed by atoms with van der Waals surface area (Å²) in [5.41, 5.74) is 4.19. The van der Waals surface area contributed by atoms with E-state index in [1.165, 1.54) is 0 Å². The van der Waals surface area contributed by atoms with E-state index < -0.39 is 11.1 Å². The second kappa shape index (κ2) is 5.86. The maximum atomic E-state index is 11.8. The number of amides is 1. The third-order valence-corrected chi connectivity index (χ3v) is 2.93. The molecule has 0 fully saturated rings. The highest BCUT2D eigenvalue weighted by atomic mass is 16.5. The fourth-order valence-corrected chi connectivity index (χ4v) is 1.25. The van der Waals surface area contributed by atoms with Gasteiger partial charge in [0.25, 0.3) is 0 Å². The molecular formula is C11H23N3O3. The zero-order chi connectivity index (χ0) is 13.7. The number of ether oxygens (including phenoxy) is 1. The fraction of sp³-hybridized carbons (Fsp3) is 0.818. The van der Waals surface area contributed by atoms with Crippen molar-refractivity contribution in [3.63, 3.8) is 0 Å². The van der Waals surface area contributed by atoms with E-state index in [1.54, 1.807) is 14.0 Å². The van der Waals surface area contributed by atoms with Crippen LogP contribution >= 0.6 is 0 Å². The number of nitrogens with two attached hydrogens (primary N) is 1. The van der Waals surface area contributed by atoms with Crippen molar-refractivity contribution in [3.8, 4) is 0 Å². The smallest absolute Gasteiger partial charge is 0.223 e. The summed E-state index contributed by atoms with van der Waals surface area (Å²) in [5.74, 6) is -0.212. The maximum absolute atomic E-state index is 11.8. The quantitative estimate of drug-likeness (QED) is 0.279. The minimum Gasteiger partial charge on any atom is -0.409 e. The first-order chi connectivity index (χ1) is 7.70. The highest BCUT2D eigenvalue weighted by Gasteiger charge is 2.31. The van der Waals surface area contributed by atoms with Gasteiger partial charge in [0, 0.05) is 7.11 Å². The molecule has 1 atom stereocenters. The zero-order valence-electron chi connectivity index (χ0n) is 11.2. The Morgan fingerprint density at radius 3 is 2.35 bits per heavy atom. The van der Waals surface area contributed by atoms with Crippen molar-refractivity contribution in [1.29, 1.82) is 0 Å². The monoisotopic (exact) mass is 245 g/mol. The van der Waals surface area contributed by atoms with E-state index in [-0.39, 0.29) is 18.2 Å². The number of carbonyl (C=O) groups is 1. The van der Waals surface area contributed by atoms with Gasteiger partial charge >= 0.3 is 0 Å². The number of rotatable bonds is 6. The van der Waals surface area contributed by atoms with Crippen LogP contribution in [0.25, 0.3) is 0 Å². The lowest BCUT2D eigenvalue weighted by Crippen LogP contribution is -2.55. The summed E-state index contributed by atoms with van der Waals surface area (Å²) in [6.45, 7) is 7.19. The fourth-order valence-electron chi connectivity index (χ4n) is 1.25. The van der Waals surface area contributed by atoms with E-state index in [2.05, 4.69) is 10.5 Å². The molecule has 0 saturated carbocycles. The average molecular weight is 245 g/mol. The van der Waals surface area contributed by atoms with Gasteiger partial charge < -0.3 is 21.0 Å². The largest absolute Gasteiger partial charge is 0.409 e. The molecule has 0 radical (unpaired) electrons. The molecule has 4 N–H and O–H groups in total. The molecule has 100 valence electrons. The number of hydrogen-bond acceptors (Lipinski definition) is 4. The number of carbonyl (C=O) groups excluding carboxylic acids is 1. The molecule has 0 aliphatic carbocycles. The minimum absolute atomic E-state index is 0.0106. The van der Waals surface area contributed by atoms with Gasteiger partial charge in [-0.05, 0) is 27.2 Å². The van der Waals surface area contributed by atoms with Crippen LogP contribution in [0.5, 0.6) is 0 Å². The molecule has 0 heterocycles. The standard InChI is InChI=1S/C11H23N3O3/c1-6-11(4,9(12)14-16)13-8(15)7-10(2,3)17-5/h16H,6-7H2,1-5H3,(H2,12,14)(H,13,15). The molecule has 0 aliphatic rings. The zero-order valence-corrected chi connectivity index (χ0v) is 11.2. The van der Waals surface area contributed by atoms with Gasteiger partial charge in [0.05, 0.1) is 17.6 Å². The van der Waals surface area contributed by atoms with Gasteiger partial charge in [-0.1, -0.05) is 12.1 Å². The Morgan fingerprint density at radius 2 is 2.00 bits per heavy atom. The predicted molar refractivity (Wildman–Crippen MR) is 66.0 cm³/mol. The highest BCUT2D eigenvalue weighted by molar-refractivity contribution is 5.93. The molecule has 0 aliphatic heterocycles. The van der Waals surface area contributed by atoms with Gasteiger partial charge in [-0.3, -0.25) is 4.79 Å². The van der Waals surface area contributed by atoms with Crippen molar-refractivity contribution in [2.45, 2.75) is 51.7 Å². The first-order valence-electron chi connectivity index (χ1n) is 5.55. The van der Waals surface area contributed by atoms with Crippen molar-refractivity contribution >= 4 is 11.7 Å². The van der Waals surface area contributed by atoms with Crippen LogP contribution in [0.4, 0.5) is 0 Å². The predicted octanol–water partition coefficient (Wildman–Crippen LogP) is 0.833. The molecule has 0 saturated heterocycles. The summed E-state index contributed by atoms with van der Waals surface area (Å²) in [4.78, 5) is 11.8. The summed E-state index contributed by atoms with van der Waals surface area (Å²) in [6, 6.07) is 0. The molecule has 0 aromatic heterocycles. The van der Waals surface area contributed by atoms with Gasteiger partial charge in [-0.25, -0.2) is 0 Å². The van der Waals surface area contributed by atoms with Gasteiger partial charge in [0.15, 0.2) is 5.84 Å². The van der Waals surface area contributed by atoms with E-state index in [9.17, 15) is 4.79 Å². The van der Waals surface area contributed by atoms with Crippen LogP contribution in [0, 0.1) is 0 Å². The van der Waals surface area contributed by atoms with Crippen molar-refractivity contribution in [2.24, 2.45) is 10.9 Å². The Morgan fingerprint density at radius 1 is 1.47 bits per heavy atom. The molecule has 1 unspecified atom stereocenters. The number of oxime groups is 1. The summed E-state index contributed by atoms with van der Waals surface area (Å²) in [6.07, 6.45) is 0.736. The average Bonchev–Trinajstić information content (AvgIpc) is 2.26. The summed E-state index contributed by atoms with van der Waals surface area (Å²) in [7, 11) is 1.55. The molecule has 0 aromatic carbocycles. The van der Waals surface area contributed by atoms with Gasteiger partial charge in [0.2, 0.25) is 5.91 Å². The SMILES string of the molecule is CCC(C)(NC(=O)CC(C)(C)OC)C(N)=NO. The summed E-state index contributed by atoms with van der Waals surface area (Å²) >= 11 is 0. The van der Waals surface area contributed by atoms with E-state index in [4.69, 9.17) is 15.7 Å². The topological polar surface area (TPSA) is 96.9 Å². The number of hydrogen-bond donors (Lipinski definition) is 3. The van der Waals surface area contributed by atoms with Crippen LogP contribution in [0.15, 0.2) is 5.16 Å². The van der Waals surface area contributed by atoms with Crippen molar-refractivity contribution < 1.29 is 14.7 Å². The Balaban J connectivity index is 4.66. The van der Waals surface area contributed by atoms with E-state index in [0.717, 1.165) is 0 Å². The second-order valence-corrected chi connectivity index (χ2v) is 4.86. The lowest BCUT2D eigenvalue weighted by molar-refractivity contribution is -0.127. The molecular weight excluding hydrogens is 222 g/mol. The molecule has 17 heavy (non-hydrogen) atoms. The van der Waals surface area contributed by atoms with Gasteiger partial charge in [-0.15, -0.1) is 0 Å². The lowest BCUT2D eigenvalue weighted by Gasteiger charge is -2.30. The van der Waals surface area contributed by atoms with Crippen LogP contribution in [0.3, 0.4) is 0 Å². The van der Waals surface area contributed by atoms with Gasteiger partial charge in [-0.2, -0.15) is 0 Å². The molecule has 0 aromatic rings. The van der Waals surface area contributed by atoms with E-state index in [1.807, 2.05) is 20.8 Å². The Bertz CT molecular complexity index is 302. The molecule has 6 nitrogen and oxygen atoms in total. The first-order valence-corrected chi connectivity index (χ1v) is 5.55. The van der Waals surface area contributed by atoms with Crippen molar-refractivity contribution in [1.82, 2.24) is 5.32 Å². The van der Waals surface area contributed by atoms with Crippen LogP contribution in [-0.4, -0.2) is 35.2 Å². The normalized spacial score (nSPS) is 16.4. The Labute approximate surface area is 102 Å². The lowest BCUT2D eigenvalue weighted by atomic mass is 9.96. The Hall–Kier alpha value is -1.30. The minimum atomic E-state index is -0.838. The number of nitrogens with zero attached hydrogens (tertiary/aromatic N) is 1. The van der Waals surface area contributed by atoms with Crippen LogP contribution < -0.4 is 11.1 Å². The van der Waals surface area contributed by atoms with Crippen LogP contribution in [0.2, 0.25) is 0 Å². The Kier molecular flexibility index (Phi) is 5.41. The van der Waals surface area contributed by atoms with E-state index >= 15 is 0 Å². The summed E-state index contributed by atoms with van der Waals surface area (Å²) < 4.78 is 5.17. The molecule has 6 heteroatoms. The summed E-state index contributed by atoms with van der Waals surface area (Å²) in [5, 5.41) is 14.4. The van der Waals surface area contributed by atoms with Crippen LogP contribution in [0.1, 0.15) is 40.5 Å². The van der Waals surface area contributed by atoms with E-state index in [0.29, 0.717) is 6.42 Å². The molecule has 0 bridgehead atoms. The highest BCUT2D eigenvalue weighted by Crippen LogP contribution is 2.15. The maximum Gasteiger partial charge on any atom is 0.223 e. The molecule has 1 amide bonds. The third-order valence-electron chi connectivity index (χ3n) is 2.93.